The van der Waals surface area contributed by atoms with Gasteiger partial charge in [0.05, 0.1) is 5.56 Å². The van der Waals surface area contributed by atoms with Crippen molar-refractivity contribution in [2.24, 2.45) is 0 Å². The third kappa shape index (κ3) is 4.16. The molecular formula is C20H26N4O. The van der Waals surface area contributed by atoms with Gasteiger partial charge in [-0.05, 0) is 43.7 Å². The lowest BCUT2D eigenvalue weighted by molar-refractivity contribution is 0.0607. The lowest BCUT2D eigenvalue weighted by Gasteiger charge is -2.35. The Balaban J connectivity index is 1.63. The van der Waals surface area contributed by atoms with Gasteiger partial charge in [0, 0.05) is 31.5 Å². The summed E-state index contributed by atoms with van der Waals surface area (Å²) < 4.78 is 0. The number of anilines is 1. The average molecular weight is 338 g/mol. The zero-order valence-corrected chi connectivity index (χ0v) is 15.0. The first-order valence-electron chi connectivity index (χ1n) is 9.10. The number of aryl methyl sites for hydroxylation is 1. The van der Waals surface area contributed by atoms with Gasteiger partial charge in [-0.25, -0.2) is 9.97 Å². The Morgan fingerprint density at radius 2 is 2.00 bits per heavy atom. The van der Waals surface area contributed by atoms with Crippen molar-refractivity contribution in [1.29, 1.82) is 0 Å². The number of piperidine rings is 1. The molecule has 1 aromatic carbocycles. The number of aromatic nitrogens is 2. The van der Waals surface area contributed by atoms with Gasteiger partial charge in [0.2, 0.25) is 5.95 Å². The van der Waals surface area contributed by atoms with Gasteiger partial charge in [-0.1, -0.05) is 31.2 Å². The molecule has 1 aliphatic heterocycles. The normalized spacial score (nSPS) is 17.4. The highest BCUT2D eigenvalue weighted by atomic mass is 16.2. The second-order valence-corrected chi connectivity index (χ2v) is 6.63. The van der Waals surface area contributed by atoms with Gasteiger partial charge < -0.3 is 10.2 Å². The smallest absolute Gasteiger partial charge is 0.257 e. The van der Waals surface area contributed by atoms with Crippen LogP contribution in [0.5, 0.6) is 0 Å². The van der Waals surface area contributed by atoms with Crippen LogP contribution in [0.4, 0.5) is 5.95 Å². The predicted octanol–water partition coefficient (Wildman–Crippen LogP) is 3.80. The van der Waals surface area contributed by atoms with Crippen molar-refractivity contribution >= 4 is 11.9 Å². The molecule has 5 heteroatoms. The van der Waals surface area contributed by atoms with E-state index in [1.165, 1.54) is 17.5 Å². The van der Waals surface area contributed by atoms with Crippen LogP contribution < -0.4 is 5.32 Å². The number of hydrogen-bond acceptors (Lipinski definition) is 4. The molecular weight excluding hydrogens is 312 g/mol. The third-order valence-electron chi connectivity index (χ3n) is 4.96. The molecule has 1 saturated heterocycles. The van der Waals surface area contributed by atoms with E-state index in [1.54, 1.807) is 12.4 Å². The fourth-order valence-electron chi connectivity index (χ4n) is 3.37. The monoisotopic (exact) mass is 338 g/mol. The molecule has 1 amide bonds. The lowest BCUT2D eigenvalue weighted by atomic mass is 9.99. The summed E-state index contributed by atoms with van der Waals surface area (Å²) in [5, 5.41) is 3.22. The number of likely N-dealkylation sites (tertiary alicyclic amines) is 1. The molecule has 0 bridgehead atoms. The Hall–Kier alpha value is -2.43. The summed E-state index contributed by atoms with van der Waals surface area (Å²) in [5.41, 5.74) is 3.02. The van der Waals surface area contributed by atoms with E-state index < -0.39 is 0 Å². The standard InChI is InChI=1S/C20H26N4O/c1-3-18-10-6-7-11-24(18)19(25)17-13-22-20(23-14-17)21-12-16-9-5-4-8-15(16)2/h4-5,8-9,13-14,18H,3,6-7,10-12H2,1-2H3,(H,21,22,23). The molecule has 3 rings (SSSR count). The van der Waals surface area contributed by atoms with Crippen molar-refractivity contribution < 1.29 is 4.79 Å². The van der Waals surface area contributed by atoms with Crippen molar-refractivity contribution in [1.82, 2.24) is 14.9 Å². The van der Waals surface area contributed by atoms with Crippen LogP contribution >= 0.6 is 0 Å². The van der Waals surface area contributed by atoms with Gasteiger partial charge in [0.1, 0.15) is 0 Å². The molecule has 2 heterocycles. The Morgan fingerprint density at radius 3 is 2.72 bits per heavy atom. The van der Waals surface area contributed by atoms with Crippen molar-refractivity contribution in [2.45, 2.75) is 52.1 Å². The Kier molecular flexibility index (Phi) is 5.64. The van der Waals surface area contributed by atoms with Crippen molar-refractivity contribution in [3.05, 3.63) is 53.3 Å². The fraction of sp³-hybridized carbons (Fsp3) is 0.450. The van der Waals surface area contributed by atoms with E-state index in [1.807, 2.05) is 17.0 Å². The second kappa shape index (κ2) is 8.10. The topological polar surface area (TPSA) is 58.1 Å². The van der Waals surface area contributed by atoms with E-state index in [0.717, 1.165) is 25.8 Å². The molecule has 1 fully saturated rings. The summed E-state index contributed by atoms with van der Waals surface area (Å²) in [4.78, 5) is 23.4. The van der Waals surface area contributed by atoms with Gasteiger partial charge in [0.25, 0.3) is 5.91 Å². The second-order valence-electron chi connectivity index (χ2n) is 6.63. The summed E-state index contributed by atoms with van der Waals surface area (Å²) in [7, 11) is 0. The van der Waals surface area contributed by atoms with Crippen LogP contribution in [-0.4, -0.2) is 33.4 Å². The number of carbonyl (C=O) groups excluding carboxylic acids is 1. The third-order valence-corrected chi connectivity index (χ3v) is 4.96. The van der Waals surface area contributed by atoms with Gasteiger partial charge in [-0.3, -0.25) is 4.79 Å². The number of benzene rings is 1. The Morgan fingerprint density at radius 1 is 1.24 bits per heavy atom. The van der Waals surface area contributed by atoms with Crippen LogP contribution in [0.15, 0.2) is 36.7 Å². The molecule has 132 valence electrons. The summed E-state index contributed by atoms with van der Waals surface area (Å²) in [5.74, 6) is 0.600. The Labute approximate surface area is 149 Å². The summed E-state index contributed by atoms with van der Waals surface area (Å²) in [6, 6.07) is 8.57. The predicted molar refractivity (Wildman–Crippen MR) is 99.5 cm³/mol. The molecule has 25 heavy (non-hydrogen) atoms. The maximum Gasteiger partial charge on any atom is 0.257 e. The summed E-state index contributed by atoms with van der Waals surface area (Å²) in [6.45, 7) is 5.74. The minimum absolute atomic E-state index is 0.0528. The highest BCUT2D eigenvalue weighted by Crippen LogP contribution is 2.21. The maximum absolute atomic E-state index is 12.7. The molecule has 0 aliphatic carbocycles. The van der Waals surface area contributed by atoms with E-state index in [2.05, 4.69) is 41.3 Å². The zero-order valence-electron chi connectivity index (χ0n) is 15.0. The number of rotatable bonds is 5. The van der Waals surface area contributed by atoms with E-state index >= 15 is 0 Å². The zero-order chi connectivity index (χ0) is 17.6. The first-order valence-corrected chi connectivity index (χ1v) is 9.10. The largest absolute Gasteiger partial charge is 0.350 e. The van der Waals surface area contributed by atoms with Crippen molar-refractivity contribution in [3.63, 3.8) is 0 Å². The first-order chi connectivity index (χ1) is 12.2. The Bertz CT molecular complexity index is 714. The maximum atomic E-state index is 12.7. The molecule has 1 atom stereocenters. The van der Waals surface area contributed by atoms with Crippen molar-refractivity contribution in [2.75, 3.05) is 11.9 Å². The molecule has 1 N–H and O–H groups in total. The quantitative estimate of drug-likeness (QED) is 0.901. The summed E-state index contributed by atoms with van der Waals surface area (Å²) in [6.07, 6.45) is 7.66. The number of nitrogens with one attached hydrogen (secondary N) is 1. The number of hydrogen-bond donors (Lipinski definition) is 1. The average Bonchev–Trinajstić information content (AvgIpc) is 2.67. The molecule has 5 nitrogen and oxygen atoms in total. The van der Waals surface area contributed by atoms with E-state index in [9.17, 15) is 4.79 Å². The number of amides is 1. The highest BCUT2D eigenvalue weighted by molar-refractivity contribution is 5.94. The van der Waals surface area contributed by atoms with Gasteiger partial charge in [-0.15, -0.1) is 0 Å². The molecule has 0 saturated carbocycles. The van der Waals surface area contributed by atoms with Gasteiger partial charge in [-0.2, -0.15) is 0 Å². The minimum Gasteiger partial charge on any atom is -0.350 e. The van der Waals surface area contributed by atoms with E-state index in [0.29, 0.717) is 24.1 Å². The molecule has 1 aliphatic rings. The lowest BCUT2D eigenvalue weighted by Crippen LogP contribution is -2.43. The van der Waals surface area contributed by atoms with E-state index in [4.69, 9.17) is 0 Å². The van der Waals surface area contributed by atoms with Crippen LogP contribution in [0, 0.1) is 6.92 Å². The SMILES string of the molecule is CCC1CCCCN1C(=O)c1cnc(NCc2ccccc2C)nc1. The minimum atomic E-state index is 0.0528. The van der Waals surface area contributed by atoms with Crippen LogP contribution in [0.25, 0.3) is 0 Å². The van der Waals surface area contributed by atoms with Crippen molar-refractivity contribution in [3.8, 4) is 0 Å². The molecule has 1 unspecified atom stereocenters. The molecule has 2 aromatic rings. The summed E-state index contributed by atoms with van der Waals surface area (Å²) >= 11 is 0. The van der Waals surface area contributed by atoms with Crippen LogP contribution in [0.3, 0.4) is 0 Å². The van der Waals surface area contributed by atoms with Crippen LogP contribution in [0.1, 0.15) is 54.1 Å². The number of carbonyl (C=O) groups is 1. The fourth-order valence-corrected chi connectivity index (χ4v) is 3.37. The molecule has 0 spiro atoms. The van der Waals surface area contributed by atoms with Crippen LogP contribution in [-0.2, 0) is 6.54 Å². The van der Waals surface area contributed by atoms with Crippen LogP contribution in [0.2, 0.25) is 0 Å². The molecule has 0 radical (unpaired) electrons. The van der Waals surface area contributed by atoms with Gasteiger partial charge >= 0.3 is 0 Å². The highest BCUT2D eigenvalue weighted by Gasteiger charge is 2.26. The number of nitrogens with zero attached hydrogens (tertiary/aromatic N) is 3. The first kappa shape index (κ1) is 17.4. The van der Waals surface area contributed by atoms with E-state index in [-0.39, 0.29) is 5.91 Å². The molecule has 1 aromatic heterocycles. The van der Waals surface area contributed by atoms with Gasteiger partial charge in [0.15, 0.2) is 0 Å².